The first kappa shape index (κ1) is 24.1. The highest BCUT2D eigenvalue weighted by molar-refractivity contribution is 6.74. The van der Waals surface area contributed by atoms with Gasteiger partial charge in [-0.1, -0.05) is 51.1 Å². The number of imide groups is 1. The third kappa shape index (κ3) is 5.70. The Bertz CT molecular complexity index is 759. The van der Waals surface area contributed by atoms with Crippen molar-refractivity contribution in [1.82, 2.24) is 4.90 Å². The Morgan fingerprint density at radius 1 is 1.13 bits per heavy atom. The summed E-state index contributed by atoms with van der Waals surface area (Å²) in [7, 11) is -2.09. The minimum Gasteiger partial charge on any atom is -0.460 e. The lowest BCUT2D eigenvalue weighted by molar-refractivity contribution is -0.153. The van der Waals surface area contributed by atoms with Gasteiger partial charge in [-0.3, -0.25) is 9.59 Å². The predicted octanol–water partition coefficient (Wildman–Crippen LogP) is 4.13. The molecule has 8 heteroatoms. The van der Waals surface area contributed by atoms with Crippen LogP contribution >= 0.6 is 0 Å². The van der Waals surface area contributed by atoms with Gasteiger partial charge >= 0.3 is 12.1 Å². The van der Waals surface area contributed by atoms with Gasteiger partial charge in [-0.25, -0.2) is 9.69 Å². The smallest absolute Gasteiger partial charge is 0.416 e. The van der Waals surface area contributed by atoms with Gasteiger partial charge in [0.05, 0.1) is 19.3 Å². The number of esters is 1. The van der Waals surface area contributed by atoms with Crippen molar-refractivity contribution in [1.29, 1.82) is 0 Å². The van der Waals surface area contributed by atoms with E-state index in [-0.39, 0.29) is 31.3 Å². The normalized spacial score (nSPS) is 19.7. The van der Waals surface area contributed by atoms with Crippen LogP contribution in [0.2, 0.25) is 18.1 Å². The SMILES string of the molecule is CCOC(=O)N1C(=O)C(C(=O)OCc2ccccc2)C[C@H]1CO[Si](C)(C)C(C)(C)C. The molecule has 2 atom stereocenters. The predicted molar refractivity (Wildman–Crippen MR) is 115 cm³/mol. The van der Waals surface area contributed by atoms with Gasteiger partial charge in [-0.2, -0.15) is 0 Å². The molecule has 0 spiro atoms. The topological polar surface area (TPSA) is 82.1 Å². The molecule has 1 aromatic rings. The molecule has 166 valence electrons. The van der Waals surface area contributed by atoms with Crippen LogP contribution in [-0.2, 0) is 30.1 Å². The Kier molecular flexibility index (Phi) is 7.82. The van der Waals surface area contributed by atoms with E-state index in [2.05, 4.69) is 33.9 Å². The summed E-state index contributed by atoms with van der Waals surface area (Å²) in [6.45, 7) is 12.6. The molecule has 0 radical (unpaired) electrons. The summed E-state index contributed by atoms with van der Waals surface area (Å²) in [4.78, 5) is 38.9. The number of nitrogens with zero attached hydrogens (tertiary/aromatic N) is 1. The molecule has 7 nitrogen and oxygen atoms in total. The highest BCUT2D eigenvalue weighted by Gasteiger charge is 2.49. The Balaban J connectivity index is 2.10. The van der Waals surface area contributed by atoms with E-state index in [4.69, 9.17) is 13.9 Å². The monoisotopic (exact) mass is 435 g/mol. The molecule has 0 aromatic heterocycles. The van der Waals surface area contributed by atoms with Crippen LogP contribution in [0.15, 0.2) is 30.3 Å². The second-order valence-corrected chi connectivity index (χ2v) is 13.8. The van der Waals surface area contributed by atoms with Gasteiger partial charge in [0.25, 0.3) is 0 Å². The van der Waals surface area contributed by atoms with Crippen molar-refractivity contribution in [2.75, 3.05) is 13.2 Å². The maximum atomic E-state index is 12.9. The fraction of sp³-hybridized carbons (Fsp3) is 0.591. The number of hydrogen-bond acceptors (Lipinski definition) is 6. The van der Waals surface area contributed by atoms with Crippen molar-refractivity contribution in [2.45, 2.75) is 64.9 Å². The van der Waals surface area contributed by atoms with E-state index in [0.717, 1.165) is 10.5 Å². The molecule has 2 amide bonds. The summed E-state index contributed by atoms with van der Waals surface area (Å²) < 4.78 is 16.6. The van der Waals surface area contributed by atoms with Crippen LogP contribution in [0.5, 0.6) is 0 Å². The lowest BCUT2D eigenvalue weighted by Gasteiger charge is -2.37. The summed E-state index contributed by atoms with van der Waals surface area (Å²) in [6.07, 6.45) is -0.579. The fourth-order valence-electron chi connectivity index (χ4n) is 2.95. The lowest BCUT2D eigenvalue weighted by Crippen LogP contribution is -2.47. The third-order valence-corrected chi connectivity index (χ3v) is 10.3. The van der Waals surface area contributed by atoms with Crippen molar-refractivity contribution in [3.05, 3.63) is 35.9 Å². The first-order valence-electron chi connectivity index (χ1n) is 10.3. The molecule has 1 fully saturated rings. The summed E-state index contributed by atoms with van der Waals surface area (Å²) in [6, 6.07) is 8.69. The van der Waals surface area contributed by atoms with Gasteiger partial charge in [-0.15, -0.1) is 0 Å². The van der Waals surface area contributed by atoms with Crippen molar-refractivity contribution < 1.29 is 28.3 Å². The Labute approximate surface area is 179 Å². The zero-order valence-electron chi connectivity index (χ0n) is 18.8. The Hall–Kier alpha value is -2.19. The largest absolute Gasteiger partial charge is 0.460 e. The Morgan fingerprint density at radius 2 is 1.77 bits per heavy atom. The Morgan fingerprint density at radius 3 is 2.33 bits per heavy atom. The molecule has 0 saturated carbocycles. The molecule has 1 unspecified atom stereocenters. The highest BCUT2D eigenvalue weighted by atomic mass is 28.4. The molecule has 0 N–H and O–H groups in total. The van der Waals surface area contributed by atoms with Crippen molar-refractivity contribution in [3.8, 4) is 0 Å². The molecule has 1 heterocycles. The van der Waals surface area contributed by atoms with Crippen molar-refractivity contribution in [3.63, 3.8) is 0 Å². The zero-order chi connectivity index (χ0) is 22.5. The average molecular weight is 436 g/mol. The number of carbonyl (C=O) groups is 3. The lowest BCUT2D eigenvalue weighted by atomic mass is 10.1. The molecule has 1 aliphatic rings. The second kappa shape index (κ2) is 9.74. The van der Waals surface area contributed by atoms with Gasteiger partial charge in [0.1, 0.15) is 12.5 Å². The summed E-state index contributed by atoms with van der Waals surface area (Å²) in [5.41, 5.74) is 0.830. The number of carbonyl (C=O) groups excluding carboxylic acids is 3. The number of benzene rings is 1. The third-order valence-electron chi connectivity index (χ3n) is 5.82. The molecule has 30 heavy (non-hydrogen) atoms. The number of rotatable bonds is 7. The van der Waals surface area contributed by atoms with E-state index in [1.54, 1.807) is 6.92 Å². The first-order chi connectivity index (χ1) is 14.0. The van der Waals surface area contributed by atoms with Crippen LogP contribution in [0, 0.1) is 5.92 Å². The average Bonchev–Trinajstić information content (AvgIpc) is 3.01. The zero-order valence-corrected chi connectivity index (χ0v) is 19.8. The summed E-state index contributed by atoms with van der Waals surface area (Å²) >= 11 is 0. The van der Waals surface area contributed by atoms with Gasteiger partial charge in [0, 0.05) is 0 Å². The number of ether oxygens (including phenoxy) is 2. The minimum absolute atomic E-state index is 0.0155. The second-order valence-electron chi connectivity index (χ2n) is 9.01. The molecular weight excluding hydrogens is 402 g/mol. The van der Waals surface area contributed by atoms with Crippen LogP contribution in [-0.4, -0.2) is 50.4 Å². The van der Waals surface area contributed by atoms with Crippen LogP contribution in [0.25, 0.3) is 0 Å². The van der Waals surface area contributed by atoms with Crippen LogP contribution < -0.4 is 0 Å². The van der Waals surface area contributed by atoms with Crippen LogP contribution in [0.4, 0.5) is 4.79 Å². The fourth-order valence-corrected chi connectivity index (χ4v) is 3.99. The molecule has 0 aliphatic carbocycles. The van der Waals surface area contributed by atoms with Crippen LogP contribution in [0.1, 0.15) is 39.7 Å². The van der Waals surface area contributed by atoms with Crippen molar-refractivity contribution in [2.24, 2.45) is 5.92 Å². The number of likely N-dealkylation sites (tertiary alicyclic amines) is 1. The van der Waals surface area contributed by atoms with E-state index < -0.39 is 38.2 Å². The van der Waals surface area contributed by atoms with Gasteiger partial charge < -0.3 is 13.9 Å². The molecule has 1 aromatic carbocycles. The highest BCUT2D eigenvalue weighted by Crippen LogP contribution is 2.37. The maximum absolute atomic E-state index is 12.9. The van der Waals surface area contributed by atoms with Gasteiger partial charge in [0.15, 0.2) is 8.32 Å². The molecule has 2 rings (SSSR count). The molecule has 0 bridgehead atoms. The van der Waals surface area contributed by atoms with E-state index in [1.165, 1.54) is 0 Å². The summed E-state index contributed by atoms with van der Waals surface area (Å²) in [5.74, 6) is -2.26. The quantitative estimate of drug-likeness (QED) is 0.364. The van der Waals surface area contributed by atoms with Crippen LogP contribution in [0.3, 0.4) is 0 Å². The number of amides is 2. The van der Waals surface area contributed by atoms with E-state index in [9.17, 15) is 14.4 Å². The molecule has 1 aliphatic heterocycles. The van der Waals surface area contributed by atoms with Gasteiger partial charge in [0.2, 0.25) is 5.91 Å². The molecule has 1 saturated heterocycles. The van der Waals surface area contributed by atoms with E-state index in [1.807, 2.05) is 30.3 Å². The maximum Gasteiger partial charge on any atom is 0.416 e. The minimum atomic E-state index is -2.09. The number of hydrogen-bond donors (Lipinski definition) is 0. The van der Waals surface area contributed by atoms with Gasteiger partial charge in [-0.05, 0) is 37.0 Å². The van der Waals surface area contributed by atoms with Crippen molar-refractivity contribution >= 4 is 26.3 Å². The summed E-state index contributed by atoms with van der Waals surface area (Å²) in [5, 5.41) is -0.0155. The molecular formula is C22H33NO6Si. The first-order valence-corrected chi connectivity index (χ1v) is 13.2. The van der Waals surface area contributed by atoms with E-state index >= 15 is 0 Å². The van der Waals surface area contributed by atoms with E-state index in [0.29, 0.717) is 0 Å². The standard InChI is InChI=1S/C22H33NO6Si/c1-7-27-21(26)23-17(15-29-30(5,6)22(2,3)4)13-18(19(23)24)20(25)28-14-16-11-9-8-10-12-16/h8-12,17-18H,7,13-15H2,1-6H3/t17-,18?/m0/s1.